The average Bonchev–Trinajstić information content (AvgIpc) is 3.30. The molecule has 5 nitrogen and oxygen atoms in total. The number of amides is 1. The van der Waals surface area contributed by atoms with Crippen molar-refractivity contribution in [1.29, 1.82) is 0 Å². The predicted octanol–water partition coefficient (Wildman–Crippen LogP) is 1.98. The van der Waals surface area contributed by atoms with E-state index in [1.807, 2.05) is 19.1 Å². The van der Waals surface area contributed by atoms with E-state index in [4.69, 9.17) is 5.73 Å². The molecule has 1 fully saturated rings. The van der Waals surface area contributed by atoms with Gasteiger partial charge in [0.15, 0.2) is 0 Å². The molecule has 0 saturated heterocycles. The highest BCUT2D eigenvalue weighted by Gasteiger charge is 2.38. The third-order valence-corrected chi connectivity index (χ3v) is 3.96. The molecule has 0 radical (unpaired) electrons. The van der Waals surface area contributed by atoms with Crippen molar-refractivity contribution in [3.8, 4) is 11.8 Å². The van der Waals surface area contributed by atoms with Gasteiger partial charge in [0, 0.05) is 35.8 Å². The fourth-order valence-corrected chi connectivity index (χ4v) is 2.25. The van der Waals surface area contributed by atoms with Crippen LogP contribution in [0.5, 0.6) is 0 Å². The number of rotatable bonds is 4. The van der Waals surface area contributed by atoms with Gasteiger partial charge in [0.25, 0.3) is 0 Å². The molecule has 1 amide bonds. The molecule has 0 bridgehead atoms. The molecule has 4 N–H and O–H groups in total. The van der Waals surface area contributed by atoms with Gasteiger partial charge in [0.1, 0.15) is 5.60 Å². The number of nitrogens with two attached hydrogens (primary N) is 1. The summed E-state index contributed by atoms with van der Waals surface area (Å²) in [7, 11) is 0. The topological polar surface area (TPSA) is 88.2 Å². The first-order chi connectivity index (χ1) is 11.5. The van der Waals surface area contributed by atoms with E-state index in [2.05, 4.69) is 22.1 Å². The van der Waals surface area contributed by atoms with Crippen LogP contribution in [0.15, 0.2) is 36.7 Å². The Morgan fingerprint density at radius 2 is 2.17 bits per heavy atom. The van der Waals surface area contributed by atoms with Gasteiger partial charge in [0.05, 0.1) is 0 Å². The van der Waals surface area contributed by atoms with Crippen LogP contribution in [-0.4, -0.2) is 21.6 Å². The molecular formula is C19H19N3O2. The standard InChI is InChI=1S/C19H19N3O2/c1-13-2-3-16(18(20)23)9-17(13)22-12-15-8-14(10-21-11-15)4-5-19(24)6-7-19/h2-3,8-11,22,24H,6-7,12H2,1H3,(H2,20,23). The largest absolute Gasteiger partial charge is 0.381 e. The van der Waals surface area contributed by atoms with E-state index in [1.165, 1.54) is 0 Å². The third-order valence-electron chi connectivity index (χ3n) is 3.96. The lowest BCUT2D eigenvalue weighted by Gasteiger charge is -2.11. The molecule has 24 heavy (non-hydrogen) atoms. The molecule has 1 saturated carbocycles. The van der Waals surface area contributed by atoms with Crippen molar-refractivity contribution in [3.05, 3.63) is 58.9 Å². The van der Waals surface area contributed by atoms with Crippen LogP contribution in [0.1, 0.15) is 39.9 Å². The van der Waals surface area contributed by atoms with Gasteiger partial charge >= 0.3 is 0 Å². The number of nitrogens with one attached hydrogen (secondary N) is 1. The van der Waals surface area contributed by atoms with E-state index in [-0.39, 0.29) is 0 Å². The van der Waals surface area contributed by atoms with Crippen LogP contribution in [-0.2, 0) is 6.54 Å². The van der Waals surface area contributed by atoms with Crippen LogP contribution >= 0.6 is 0 Å². The Hall–Kier alpha value is -2.84. The lowest BCUT2D eigenvalue weighted by Crippen LogP contribution is -2.12. The number of pyridine rings is 1. The normalized spacial score (nSPS) is 14.4. The summed E-state index contributed by atoms with van der Waals surface area (Å²) < 4.78 is 0. The minimum atomic E-state index is -0.791. The van der Waals surface area contributed by atoms with Crippen molar-refractivity contribution < 1.29 is 9.90 Å². The van der Waals surface area contributed by atoms with Gasteiger partial charge in [-0.3, -0.25) is 9.78 Å². The summed E-state index contributed by atoms with van der Waals surface area (Å²) in [6.45, 7) is 2.51. The SMILES string of the molecule is Cc1ccc(C(N)=O)cc1NCc1cncc(C#CC2(O)CC2)c1. The van der Waals surface area contributed by atoms with Crippen LogP contribution in [0.25, 0.3) is 0 Å². The first-order valence-corrected chi connectivity index (χ1v) is 7.79. The molecule has 1 aliphatic rings. The summed E-state index contributed by atoms with van der Waals surface area (Å²) in [6, 6.07) is 7.26. The van der Waals surface area contributed by atoms with Crippen LogP contribution < -0.4 is 11.1 Å². The zero-order chi connectivity index (χ0) is 17.2. The van der Waals surface area contributed by atoms with Gasteiger partial charge in [-0.05, 0) is 49.1 Å². The highest BCUT2D eigenvalue weighted by Crippen LogP contribution is 2.33. The predicted molar refractivity (Wildman–Crippen MR) is 92.3 cm³/mol. The minimum Gasteiger partial charge on any atom is -0.381 e. The van der Waals surface area contributed by atoms with Crippen molar-refractivity contribution in [2.24, 2.45) is 5.73 Å². The second-order valence-electron chi connectivity index (χ2n) is 6.11. The van der Waals surface area contributed by atoms with Gasteiger partial charge in [-0.15, -0.1) is 0 Å². The monoisotopic (exact) mass is 321 g/mol. The highest BCUT2D eigenvalue weighted by atomic mass is 16.3. The smallest absolute Gasteiger partial charge is 0.248 e. The third kappa shape index (κ3) is 3.92. The Morgan fingerprint density at radius 3 is 2.88 bits per heavy atom. The lowest BCUT2D eigenvalue weighted by molar-refractivity contribution is 0.100. The van der Waals surface area contributed by atoms with E-state index < -0.39 is 11.5 Å². The van der Waals surface area contributed by atoms with Crippen molar-refractivity contribution >= 4 is 11.6 Å². The Kier molecular flexibility index (Phi) is 4.24. The maximum Gasteiger partial charge on any atom is 0.248 e. The summed E-state index contributed by atoms with van der Waals surface area (Å²) in [5, 5.41) is 13.1. The lowest BCUT2D eigenvalue weighted by atomic mass is 10.1. The Morgan fingerprint density at radius 1 is 1.38 bits per heavy atom. The summed E-state index contributed by atoms with van der Waals surface area (Å²) in [5.41, 5.74) is 8.63. The second kappa shape index (κ2) is 6.34. The zero-order valence-electron chi connectivity index (χ0n) is 13.5. The van der Waals surface area contributed by atoms with Gasteiger partial charge in [-0.2, -0.15) is 0 Å². The van der Waals surface area contributed by atoms with Crippen molar-refractivity contribution in [2.45, 2.75) is 31.9 Å². The molecular weight excluding hydrogens is 302 g/mol. The first kappa shape index (κ1) is 16.0. The molecule has 2 aromatic rings. The number of hydrogen-bond acceptors (Lipinski definition) is 4. The highest BCUT2D eigenvalue weighted by molar-refractivity contribution is 5.94. The molecule has 1 aliphatic carbocycles. The van der Waals surface area contributed by atoms with E-state index in [0.717, 1.165) is 35.2 Å². The molecule has 0 aliphatic heterocycles. The minimum absolute atomic E-state index is 0.449. The van der Waals surface area contributed by atoms with Gasteiger partial charge < -0.3 is 16.2 Å². The number of aliphatic hydroxyl groups is 1. The van der Waals surface area contributed by atoms with Gasteiger partial charge in [-0.25, -0.2) is 0 Å². The zero-order valence-corrected chi connectivity index (χ0v) is 13.5. The van der Waals surface area contributed by atoms with Crippen molar-refractivity contribution in [1.82, 2.24) is 4.98 Å². The number of aryl methyl sites for hydroxylation is 1. The molecule has 1 aromatic carbocycles. The Balaban J connectivity index is 1.71. The van der Waals surface area contributed by atoms with Gasteiger partial charge in [0.2, 0.25) is 5.91 Å². The summed E-state index contributed by atoms with van der Waals surface area (Å²) >= 11 is 0. The number of carbonyl (C=O) groups is 1. The van der Waals surface area contributed by atoms with E-state index >= 15 is 0 Å². The fourth-order valence-electron chi connectivity index (χ4n) is 2.25. The average molecular weight is 321 g/mol. The number of anilines is 1. The molecule has 1 heterocycles. The van der Waals surface area contributed by atoms with Crippen molar-refractivity contribution in [3.63, 3.8) is 0 Å². The number of primary amides is 1. The van der Waals surface area contributed by atoms with E-state index in [1.54, 1.807) is 24.5 Å². The van der Waals surface area contributed by atoms with Crippen LogP contribution in [0, 0.1) is 18.8 Å². The molecule has 3 rings (SSSR count). The van der Waals surface area contributed by atoms with Crippen LogP contribution in [0.2, 0.25) is 0 Å². The molecule has 1 aromatic heterocycles. The van der Waals surface area contributed by atoms with Crippen LogP contribution in [0.3, 0.4) is 0 Å². The molecule has 0 spiro atoms. The van der Waals surface area contributed by atoms with E-state index in [0.29, 0.717) is 12.1 Å². The summed E-state index contributed by atoms with van der Waals surface area (Å²) in [4.78, 5) is 15.5. The quantitative estimate of drug-likeness (QED) is 0.751. The maximum absolute atomic E-state index is 11.3. The number of nitrogens with zero attached hydrogens (tertiary/aromatic N) is 1. The fraction of sp³-hybridized carbons (Fsp3) is 0.263. The first-order valence-electron chi connectivity index (χ1n) is 7.79. The number of aromatic nitrogens is 1. The van der Waals surface area contributed by atoms with Gasteiger partial charge in [-0.1, -0.05) is 17.9 Å². The Labute approximate surface area is 140 Å². The molecule has 0 unspecified atom stereocenters. The van der Waals surface area contributed by atoms with Crippen LogP contribution in [0.4, 0.5) is 5.69 Å². The molecule has 5 heteroatoms. The second-order valence-corrected chi connectivity index (χ2v) is 6.11. The molecule has 122 valence electrons. The number of carbonyl (C=O) groups excluding carboxylic acids is 1. The Bertz CT molecular complexity index is 845. The van der Waals surface area contributed by atoms with E-state index in [9.17, 15) is 9.90 Å². The number of benzene rings is 1. The summed E-state index contributed by atoms with van der Waals surface area (Å²) in [6.07, 6.45) is 4.92. The number of hydrogen-bond donors (Lipinski definition) is 3. The molecule has 0 atom stereocenters. The maximum atomic E-state index is 11.3. The summed E-state index contributed by atoms with van der Waals surface area (Å²) in [5.74, 6) is 5.39. The van der Waals surface area contributed by atoms with Crippen molar-refractivity contribution in [2.75, 3.05) is 5.32 Å².